The lowest BCUT2D eigenvalue weighted by Crippen LogP contribution is -2.17. The molecule has 0 fully saturated rings. The number of nitrogens with zero attached hydrogens (tertiary/aromatic N) is 1. The quantitative estimate of drug-likeness (QED) is 0.729. The van der Waals surface area contributed by atoms with Gasteiger partial charge in [-0.25, -0.2) is 0 Å². The molecule has 2 N–H and O–H groups in total. The first kappa shape index (κ1) is 12.7. The van der Waals surface area contributed by atoms with Gasteiger partial charge in [0.2, 0.25) is 0 Å². The number of fused-ring (bicyclic) bond motifs is 1. The van der Waals surface area contributed by atoms with Gasteiger partial charge in [0.15, 0.2) is 0 Å². The SMILES string of the molecule is Cl.Cl.N[C@H]1CCCc2cnccc21. The lowest BCUT2D eigenvalue weighted by molar-refractivity contribution is 0.568. The summed E-state index contributed by atoms with van der Waals surface area (Å²) in [6.07, 6.45) is 7.24. The predicted molar refractivity (Wildman–Crippen MR) is 58.6 cm³/mol. The summed E-state index contributed by atoms with van der Waals surface area (Å²) in [6, 6.07) is 2.29. The Morgan fingerprint density at radius 1 is 1.38 bits per heavy atom. The van der Waals surface area contributed by atoms with E-state index in [-0.39, 0.29) is 30.9 Å². The number of nitrogens with two attached hydrogens (primary N) is 1. The summed E-state index contributed by atoms with van der Waals surface area (Å²) >= 11 is 0. The van der Waals surface area contributed by atoms with E-state index in [0.29, 0.717) is 0 Å². The fraction of sp³-hybridized carbons (Fsp3) is 0.444. The van der Waals surface area contributed by atoms with Gasteiger partial charge >= 0.3 is 0 Å². The molecular weight excluding hydrogens is 207 g/mol. The van der Waals surface area contributed by atoms with E-state index in [1.807, 2.05) is 18.5 Å². The molecule has 0 aliphatic heterocycles. The fourth-order valence-electron chi connectivity index (χ4n) is 1.68. The van der Waals surface area contributed by atoms with Gasteiger partial charge in [0, 0.05) is 18.4 Å². The standard InChI is InChI=1S/C9H12N2.2ClH/c10-9-3-1-2-7-6-11-5-4-8(7)9;;/h4-6,9H,1-3,10H2;2*1H/t9-;;/m0../s1. The van der Waals surface area contributed by atoms with Crippen LogP contribution >= 0.6 is 24.8 Å². The summed E-state index contributed by atoms with van der Waals surface area (Å²) in [5.41, 5.74) is 8.56. The molecule has 1 aliphatic carbocycles. The van der Waals surface area contributed by atoms with Crippen molar-refractivity contribution in [3.63, 3.8) is 0 Å². The van der Waals surface area contributed by atoms with Crippen LogP contribution in [0, 0.1) is 0 Å². The number of rotatable bonds is 0. The molecule has 74 valence electrons. The molecular formula is C9H14Cl2N2. The Labute approximate surface area is 90.8 Å². The summed E-state index contributed by atoms with van der Waals surface area (Å²) in [7, 11) is 0. The van der Waals surface area contributed by atoms with E-state index in [2.05, 4.69) is 4.98 Å². The molecule has 0 radical (unpaired) electrons. The molecule has 0 amide bonds. The summed E-state index contributed by atoms with van der Waals surface area (Å²) in [4.78, 5) is 4.08. The van der Waals surface area contributed by atoms with Crippen molar-refractivity contribution in [1.82, 2.24) is 4.98 Å². The molecule has 1 aromatic heterocycles. The van der Waals surface area contributed by atoms with Crippen LogP contribution in [0.3, 0.4) is 0 Å². The third-order valence-corrected chi connectivity index (χ3v) is 2.30. The Bertz CT molecular complexity index is 266. The number of hydrogen-bond acceptors (Lipinski definition) is 2. The lowest BCUT2D eigenvalue weighted by atomic mass is 9.90. The normalized spacial score (nSPS) is 19.3. The molecule has 13 heavy (non-hydrogen) atoms. The Kier molecular flexibility index (Phi) is 5.30. The topological polar surface area (TPSA) is 38.9 Å². The van der Waals surface area contributed by atoms with E-state index < -0.39 is 0 Å². The zero-order chi connectivity index (χ0) is 7.68. The van der Waals surface area contributed by atoms with Crippen LogP contribution in [0.5, 0.6) is 0 Å². The predicted octanol–water partition coefficient (Wildman–Crippen LogP) is 2.26. The molecule has 0 bridgehead atoms. The van der Waals surface area contributed by atoms with Crippen molar-refractivity contribution >= 4 is 24.8 Å². The number of pyridine rings is 1. The van der Waals surface area contributed by atoms with Gasteiger partial charge in [-0.2, -0.15) is 0 Å². The van der Waals surface area contributed by atoms with E-state index in [1.54, 1.807) is 0 Å². The molecule has 1 aromatic rings. The third kappa shape index (κ3) is 2.56. The minimum Gasteiger partial charge on any atom is -0.324 e. The first-order valence-corrected chi connectivity index (χ1v) is 4.06. The second-order valence-electron chi connectivity index (χ2n) is 3.07. The Morgan fingerprint density at radius 3 is 2.85 bits per heavy atom. The van der Waals surface area contributed by atoms with Gasteiger partial charge in [0.25, 0.3) is 0 Å². The second-order valence-corrected chi connectivity index (χ2v) is 3.07. The number of halogens is 2. The number of aromatic nitrogens is 1. The van der Waals surface area contributed by atoms with E-state index in [1.165, 1.54) is 17.5 Å². The van der Waals surface area contributed by atoms with Gasteiger partial charge in [0.05, 0.1) is 0 Å². The molecule has 1 atom stereocenters. The van der Waals surface area contributed by atoms with Crippen LogP contribution in [0.25, 0.3) is 0 Å². The smallest absolute Gasteiger partial charge is 0.0303 e. The van der Waals surface area contributed by atoms with E-state index >= 15 is 0 Å². The monoisotopic (exact) mass is 220 g/mol. The highest BCUT2D eigenvalue weighted by atomic mass is 35.5. The van der Waals surface area contributed by atoms with Gasteiger partial charge in [-0.15, -0.1) is 24.8 Å². The number of hydrogen-bond donors (Lipinski definition) is 1. The Balaban J connectivity index is 0.000000720. The molecule has 1 heterocycles. The average Bonchev–Trinajstić information content (AvgIpc) is 2.06. The zero-order valence-corrected chi connectivity index (χ0v) is 8.90. The van der Waals surface area contributed by atoms with Crippen LogP contribution in [-0.4, -0.2) is 4.98 Å². The summed E-state index contributed by atoms with van der Waals surface area (Å²) in [5.74, 6) is 0. The van der Waals surface area contributed by atoms with Crippen molar-refractivity contribution in [2.75, 3.05) is 0 Å². The largest absolute Gasteiger partial charge is 0.324 e. The van der Waals surface area contributed by atoms with Crippen LogP contribution in [0.4, 0.5) is 0 Å². The van der Waals surface area contributed by atoms with Gasteiger partial charge in [-0.05, 0) is 36.5 Å². The van der Waals surface area contributed by atoms with E-state index in [4.69, 9.17) is 5.73 Å². The first-order valence-electron chi connectivity index (χ1n) is 4.06. The third-order valence-electron chi connectivity index (χ3n) is 2.30. The molecule has 4 heteroatoms. The highest BCUT2D eigenvalue weighted by Gasteiger charge is 2.15. The van der Waals surface area contributed by atoms with Crippen molar-refractivity contribution in [2.45, 2.75) is 25.3 Å². The summed E-state index contributed by atoms with van der Waals surface area (Å²) < 4.78 is 0. The minimum atomic E-state index is 0. The van der Waals surface area contributed by atoms with Crippen molar-refractivity contribution in [3.8, 4) is 0 Å². The van der Waals surface area contributed by atoms with E-state index in [9.17, 15) is 0 Å². The van der Waals surface area contributed by atoms with Crippen molar-refractivity contribution in [3.05, 3.63) is 29.6 Å². The molecule has 1 aliphatic rings. The first-order chi connectivity index (χ1) is 5.38. The molecule has 0 saturated carbocycles. The maximum Gasteiger partial charge on any atom is 0.0303 e. The highest BCUT2D eigenvalue weighted by Crippen LogP contribution is 2.26. The highest BCUT2D eigenvalue weighted by molar-refractivity contribution is 5.85. The average molecular weight is 221 g/mol. The molecule has 2 rings (SSSR count). The zero-order valence-electron chi connectivity index (χ0n) is 7.27. The van der Waals surface area contributed by atoms with Gasteiger partial charge < -0.3 is 5.73 Å². The van der Waals surface area contributed by atoms with Crippen LogP contribution in [0.1, 0.15) is 30.0 Å². The van der Waals surface area contributed by atoms with Crippen molar-refractivity contribution in [1.29, 1.82) is 0 Å². The van der Waals surface area contributed by atoms with Gasteiger partial charge in [-0.3, -0.25) is 4.98 Å². The van der Waals surface area contributed by atoms with Crippen molar-refractivity contribution in [2.24, 2.45) is 5.73 Å². The molecule has 0 spiro atoms. The second kappa shape index (κ2) is 5.43. The van der Waals surface area contributed by atoms with Crippen LogP contribution in [0.15, 0.2) is 18.5 Å². The molecule has 0 saturated heterocycles. The van der Waals surface area contributed by atoms with Crippen molar-refractivity contribution < 1.29 is 0 Å². The Morgan fingerprint density at radius 2 is 2.15 bits per heavy atom. The van der Waals surface area contributed by atoms with Crippen LogP contribution in [-0.2, 0) is 6.42 Å². The molecule has 0 unspecified atom stereocenters. The number of aryl methyl sites for hydroxylation is 1. The minimum absolute atomic E-state index is 0. The van der Waals surface area contributed by atoms with Crippen LogP contribution < -0.4 is 5.73 Å². The fourth-order valence-corrected chi connectivity index (χ4v) is 1.68. The Hall–Kier alpha value is -0.310. The molecule has 2 nitrogen and oxygen atoms in total. The van der Waals surface area contributed by atoms with E-state index in [0.717, 1.165) is 12.8 Å². The van der Waals surface area contributed by atoms with Gasteiger partial charge in [0.1, 0.15) is 0 Å². The van der Waals surface area contributed by atoms with Crippen LogP contribution in [0.2, 0.25) is 0 Å². The molecule has 0 aromatic carbocycles. The lowest BCUT2D eigenvalue weighted by Gasteiger charge is -2.20. The summed E-state index contributed by atoms with van der Waals surface area (Å²) in [6.45, 7) is 0. The maximum absolute atomic E-state index is 5.92. The maximum atomic E-state index is 5.92. The summed E-state index contributed by atoms with van der Waals surface area (Å²) in [5, 5.41) is 0. The van der Waals surface area contributed by atoms with Gasteiger partial charge in [-0.1, -0.05) is 0 Å².